The summed E-state index contributed by atoms with van der Waals surface area (Å²) < 4.78 is 5.36. The fraction of sp³-hybridized carbons (Fsp3) is 1.00. The number of aliphatic hydroxyl groups is 1. The van der Waals surface area contributed by atoms with Crippen molar-refractivity contribution in [3.05, 3.63) is 0 Å². The maximum Gasteiger partial charge on any atom is 0.0571 e. The SMILES string of the molecule is OC(CC1CCOC1)C1CCCCCC1. The largest absolute Gasteiger partial charge is 0.393 e. The highest BCUT2D eigenvalue weighted by atomic mass is 16.5. The van der Waals surface area contributed by atoms with Crippen molar-refractivity contribution in [2.24, 2.45) is 11.8 Å². The van der Waals surface area contributed by atoms with E-state index in [4.69, 9.17) is 4.74 Å². The zero-order chi connectivity index (χ0) is 10.5. The molecule has 2 unspecified atom stereocenters. The lowest BCUT2D eigenvalue weighted by atomic mass is 9.87. The van der Waals surface area contributed by atoms with Crippen molar-refractivity contribution in [3.63, 3.8) is 0 Å². The highest BCUT2D eigenvalue weighted by Gasteiger charge is 2.25. The highest BCUT2D eigenvalue weighted by molar-refractivity contribution is 4.76. The molecule has 2 nitrogen and oxygen atoms in total. The van der Waals surface area contributed by atoms with Gasteiger partial charge in [-0.25, -0.2) is 0 Å². The molecule has 1 N–H and O–H groups in total. The highest BCUT2D eigenvalue weighted by Crippen LogP contribution is 2.29. The molecule has 0 bridgehead atoms. The lowest BCUT2D eigenvalue weighted by Crippen LogP contribution is -2.23. The van der Waals surface area contributed by atoms with Gasteiger partial charge >= 0.3 is 0 Å². The summed E-state index contributed by atoms with van der Waals surface area (Å²) in [6.45, 7) is 1.78. The van der Waals surface area contributed by atoms with Gasteiger partial charge in [-0.2, -0.15) is 0 Å². The second kappa shape index (κ2) is 5.86. The lowest BCUT2D eigenvalue weighted by Gasteiger charge is -2.23. The summed E-state index contributed by atoms with van der Waals surface area (Å²) in [4.78, 5) is 0. The van der Waals surface area contributed by atoms with Gasteiger partial charge in [0.25, 0.3) is 0 Å². The second-order valence-corrected chi connectivity index (χ2v) is 5.28. The third-order valence-electron chi connectivity index (χ3n) is 4.04. The van der Waals surface area contributed by atoms with E-state index in [9.17, 15) is 5.11 Å². The van der Waals surface area contributed by atoms with Crippen molar-refractivity contribution in [2.75, 3.05) is 13.2 Å². The monoisotopic (exact) mass is 212 g/mol. The van der Waals surface area contributed by atoms with Gasteiger partial charge in [0.1, 0.15) is 0 Å². The molecule has 88 valence electrons. The Hall–Kier alpha value is -0.0800. The van der Waals surface area contributed by atoms with Gasteiger partial charge in [-0.05, 0) is 37.5 Å². The predicted molar refractivity (Wildman–Crippen MR) is 60.7 cm³/mol. The van der Waals surface area contributed by atoms with Crippen molar-refractivity contribution >= 4 is 0 Å². The number of aliphatic hydroxyl groups excluding tert-OH is 1. The zero-order valence-electron chi connectivity index (χ0n) is 9.66. The Balaban J connectivity index is 1.74. The Kier molecular flexibility index (Phi) is 4.45. The van der Waals surface area contributed by atoms with Crippen molar-refractivity contribution in [2.45, 2.75) is 57.5 Å². The van der Waals surface area contributed by atoms with Crippen LogP contribution in [0.3, 0.4) is 0 Å². The number of hydrogen-bond donors (Lipinski definition) is 1. The summed E-state index contributed by atoms with van der Waals surface area (Å²) in [5, 5.41) is 10.2. The Morgan fingerprint density at radius 2 is 1.80 bits per heavy atom. The Morgan fingerprint density at radius 1 is 1.07 bits per heavy atom. The molecule has 0 aromatic heterocycles. The molecule has 1 aliphatic heterocycles. The maximum absolute atomic E-state index is 10.2. The van der Waals surface area contributed by atoms with Crippen LogP contribution >= 0.6 is 0 Å². The zero-order valence-corrected chi connectivity index (χ0v) is 9.66. The Morgan fingerprint density at radius 3 is 2.40 bits per heavy atom. The summed E-state index contributed by atoms with van der Waals surface area (Å²) in [6, 6.07) is 0. The van der Waals surface area contributed by atoms with Gasteiger partial charge in [-0.1, -0.05) is 25.7 Å². The first kappa shape index (κ1) is 11.4. The normalized spacial score (nSPS) is 31.4. The van der Waals surface area contributed by atoms with Crippen LogP contribution in [0.1, 0.15) is 51.4 Å². The molecule has 2 atom stereocenters. The van der Waals surface area contributed by atoms with E-state index in [1.165, 1.54) is 38.5 Å². The van der Waals surface area contributed by atoms with E-state index in [2.05, 4.69) is 0 Å². The first-order valence-corrected chi connectivity index (χ1v) is 6.62. The van der Waals surface area contributed by atoms with E-state index in [-0.39, 0.29) is 6.10 Å². The Labute approximate surface area is 93.0 Å². The minimum absolute atomic E-state index is 0.0604. The van der Waals surface area contributed by atoms with Crippen LogP contribution in [0.25, 0.3) is 0 Å². The average molecular weight is 212 g/mol. The van der Waals surface area contributed by atoms with Crippen LogP contribution in [0.5, 0.6) is 0 Å². The number of rotatable bonds is 3. The molecule has 2 rings (SSSR count). The van der Waals surface area contributed by atoms with E-state index >= 15 is 0 Å². The van der Waals surface area contributed by atoms with Gasteiger partial charge in [0.15, 0.2) is 0 Å². The minimum atomic E-state index is -0.0604. The van der Waals surface area contributed by atoms with Crippen LogP contribution in [0.4, 0.5) is 0 Å². The van der Waals surface area contributed by atoms with E-state index in [1.54, 1.807) is 0 Å². The van der Waals surface area contributed by atoms with Gasteiger partial charge < -0.3 is 9.84 Å². The van der Waals surface area contributed by atoms with Gasteiger partial charge in [0.05, 0.1) is 6.10 Å². The molecule has 1 saturated heterocycles. The minimum Gasteiger partial charge on any atom is -0.393 e. The molecule has 1 heterocycles. The summed E-state index contributed by atoms with van der Waals surface area (Å²) in [6.07, 6.45) is 9.95. The van der Waals surface area contributed by atoms with Crippen LogP contribution < -0.4 is 0 Å². The molecule has 0 aromatic rings. The van der Waals surface area contributed by atoms with E-state index < -0.39 is 0 Å². The number of ether oxygens (including phenoxy) is 1. The molecule has 0 aromatic carbocycles. The van der Waals surface area contributed by atoms with E-state index in [1.807, 2.05) is 0 Å². The summed E-state index contributed by atoms with van der Waals surface area (Å²) in [5.74, 6) is 1.20. The second-order valence-electron chi connectivity index (χ2n) is 5.28. The van der Waals surface area contributed by atoms with Gasteiger partial charge in [0, 0.05) is 13.2 Å². The summed E-state index contributed by atoms with van der Waals surface area (Å²) in [5.41, 5.74) is 0. The smallest absolute Gasteiger partial charge is 0.0571 e. The van der Waals surface area contributed by atoms with Gasteiger partial charge in [0.2, 0.25) is 0 Å². The molecule has 15 heavy (non-hydrogen) atoms. The third kappa shape index (κ3) is 3.46. The van der Waals surface area contributed by atoms with Crippen molar-refractivity contribution < 1.29 is 9.84 Å². The van der Waals surface area contributed by atoms with Gasteiger partial charge in [-0.15, -0.1) is 0 Å². The van der Waals surface area contributed by atoms with Crippen molar-refractivity contribution in [1.29, 1.82) is 0 Å². The molecule has 1 saturated carbocycles. The summed E-state index contributed by atoms with van der Waals surface area (Å²) >= 11 is 0. The molecule has 2 aliphatic rings. The first-order chi connectivity index (χ1) is 7.36. The average Bonchev–Trinajstić information content (AvgIpc) is 2.58. The topological polar surface area (TPSA) is 29.5 Å². The summed E-state index contributed by atoms with van der Waals surface area (Å²) in [7, 11) is 0. The molecule has 2 heteroatoms. The van der Waals surface area contributed by atoms with Crippen molar-refractivity contribution in [3.8, 4) is 0 Å². The van der Waals surface area contributed by atoms with Gasteiger partial charge in [-0.3, -0.25) is 0 Å². The molecular weight excluding hydrogens is 188 g/mol. The van der Waals surface area contributed by atoms with Crippen LogP contribution in [0.2, 0.25) is 0 Å². The van der Waals surface area contributed by atoms with Crippen molar-refractivity contribution in [1.82, 2.24) is 0 Å². The van der Waals surface area contributed by atoms with Crippen LogP contribution in [-0.2, 0) is 4.74 Å². The fourth-order valence-corrected chi connectivity index (χ4v) is 3.00. The molecule has 0 radical (unpaired) electrons. The number of hydrogen-bond acceptors (Lipinski definition) is 2. The van der Waals surface area contributed by atoms with Crippen LogP contribution in [-0.4, -0.2) is 24.4 Å². The Bertz CT molecular complexity index is 167. The van der Waals surface area contributed by atoms with Crippen LogP contribution in [0, 0.1) is 11.8 Å². The first-order valence-electron chi connectivity index (χ1n) is 6.62. The fourth-order valence-electron chi connectivity index (χ4n) is 3.00. The maximum atomic E-state index is 10.2. The standard InChI is InChI=1S/C13H24O2/c14-13(9-11-7-8-15-10-11)12-5-3-1-2-4-6-12/h11-14H,1-10H2. The molecular formula is C13H24O2. The quantitative estimate of drug-likeness (QED) is 0.729. The van der Waals surface area contributed by atoms with E-state index in [0.717, 1.165) is 26.1 Å². The molecule has 1 aliphatic carbocycles. The van der Waals surface area contributed by atoms with E-state index in [0.29, 0.717) is 11.8 Å². The lowest BCUT2D eigenvalue weighted by molar-refractivity contribution is 0.0698. The molecule has 2 fully saturated rings. The van der Waals surface area contributed by atoms with Crippen LogP contribution in [0.15, 0.2) is 0 Å². The third-order valence-corrected chi connectivity index (χ3v) is 4.04. The predicted octanol–water partition coefficient (Wildman–Crippen LogP) is 2.74. The molecule has 0 spiro atoms. The molecule has 0 amide bonds.